The summed E-state index contributed by atoms with van der Waals surface area (Å²) in [4.78, 5) is 36.0. The zero-order valence-electron chi connectivity index (χ0n) is 11.9. The second kappa shape index (κ2) is 7.28. The highest BCUT2D eigenvalue weighted by Gasteiger charge is 2.25. The van der Waals surface area contributed by atoms with Gasteiger partial charge in [-0.15, -0.1) is 0 Å². The second-order valence-corrected chi connectivity index (χ2v) is 4.51. The molecular formula is C14H18N2O5. The van der Waals surface area contributed by atoms with Crippen LogP contribution in [0.25, 0.3) is 0 Å². The van der Waals surface area contributed by atoms with E-state index in [4.69, 9.17) is 10.2 Å². The minimum atomic E-state index is -1.26. The number of amides is 2. The summed E-state index contributed by atoms with van der Waals surface area (Å²) >= 11 is 0. The van der Waals surface area contributed by atoms with Gasteiger partial charge in [0.1, 0.15) is 13.1 Å². The average molecular weight is 294 g/mol. The Morgan fingerprint density at radius 1 is 1.00 bits per heavy atom. The summed E-state index contributed by atoms with van der Waals surface area (Å²) in [6, 6.07) is 6.46. The molecule has 0 aliphatic carbocycles. The zero-order valence-corrected chi connectivity index (χ0v) is 11.9. The van der Waals surface area contributed by atoms with Gasteiger partial charge in [0.2, 0.25) is 0 Å². The predicted molar refractivity (Wildman–Crippen MR) is 76.4 cm³/mol. The first-order chi connectivity index (χ1) is 9.85. The van der Waals surface area contributed by atoms with Gasteiger partial charge in [0.25, 0.3) is 0 Å². The Morgan fingerprint density at radius 3 is 1.86 bits per heavy atom. The average Bonchev–Trinajstić information content (AvgIpc) is 2.39. The van der Waals surface area contributed by atoms with Crippen molar-refractivity contribution in [2.75, 3.05) is 24.5 Å². The highest BCUT2D eigenvalue weighted by Crippen LogP contribution is 2.16. The van der Waals surface area contributed by atoms with Gasteiger partial charge in [0.05, 0.1) is 0 Å². The minimum Gasteiger partial charge on any atom is -0.480 e. The van der Waals surface area contributed by atoms with Gasteiger partial charge in [0.15, 0.2) is 0 Å². The summed E-state index contributed by atoms with van der Waals surface area (Å²) in [5.74, 6) is -2.52. The Balaban J connectivity index is 2.99. The van der Waals surface area contributed by atoms with Gasteiger partial charge in [-0.1, -0.05) is 17.7 Å². The largest absolute Gasteiger partial charge is 0.480 e. The highest BCUT2D eigenvalue weighted by atomic mass is 16.4. The van der Waals surface area contributed by atoms with Gasteiger partial charge in [-0.2, -0.15) is 0 Å². The van der Waals surface area contributed by atoms with Crippen LogP contribution in [0.3, 0.4) is 0 Å². The van der Waals surface area contributed by atoms with Crippen LogP contribution in [-0.2, 0) is 9.59 Å². The van der Waals surface area contributed by atoms with E-state index in [2.05, 4.69) is 0 Å². The van der Waals surface area contributed by atoms with Crippen LogP contribution in [0.5, 0.6) is 0 Å². The molecule has 7 nitrogen and oxygen atoms in total. The smallest absolute Gasteiger partial charge is 0.325 e. The number of carboxylic acids is 2. The first-order valence-corrected chi connectivity index (χ1v) is 6.41. The lowest BCUT2D eigenvalue weighted by Gasteiger charge is -2.28. The SMILES string of the molecule is CCN(C(=O)N(CC(=O)O)CC(=O)O)c1ccc(C)cc1. The number of carboxylic acid groups (broad SMARTS) is 2. The molecule has 0 bridgehead atoms. The molecule has 0 heterocycles. The molecule has 2 amide bonds. The fraction of sp³-hybridized carbons (Fsp3) is 0.357. The first kappa shape index (κ1) is 16.5. The van der Waals surface area contributed by atoms with Crippen molar-refractivity contribution in [2.45, 2.75) is 13.8 Å². The normalized spacial score (nSPS) is 10.0. The van der Waals surface area contributed by atoms with Crippen molar-refractivity contribution in [1.82, 2.24) is 4.90 Å². The lowest BCUT2D eigenvalue weighted by molar-refractivity contribution is -0.140. The predicted octanol–water partition coefficient (Wildman–Crippen LogP) is 1.41. The lowest BCUT2D eigenvalue weighted by Crippen LogP contribution is -2.47. The maximum absolute atomic E-state index is 12.4. The molecule has 7 heteroatoms. The zero-order chi connectivity index (χ0) is 16.0. The molecule has 0 unspecified atom stereocenters. The van der Waals surface area contributed by atoms with E-state index in [0.29, 0.717) is 12.2 Å². The lowest BCUT2D eigenvalue weighted by atomic mass is 10.2. The van der Waals surface area contributed by atoms with Gasteiger partial charge in [0, 0.05) is 12.2 Å². The van der Waals surface area contributed by atoms with Gasteiger partial charge in [-0.25, -0.2) is 4.79 Å². The first-order valence-electron chi connectivity index (χ1n) is 6.41. The van der Waals surface area contributed by atoms with Crippen molar-refractivity contribution in [2.24, 2.45) is 0 Å². The Kier molecular flexibility index (Phi) is 5.71. The number of anilines is 1. The molecule has 0 saturated heterocycles. The van der Waals surface area contributed by atoms with Crippen LogP contribution in [0.2, 0.25) is 0 Å². The Labute approximate surface area is 122 Å². The van der Waals surface area contributed by atoms with Gasteiger partial charge in [-0.3, -0.25) is 14.5 Å². The number of benzene rings is 1. The molecule has 0 radical (unpaired) electrons. The van der Waals surface area contributed by atoms with E-state index < -0.39 is 31.1 Å². The summed E-state index contributed by atoms with van der Waals surface area (Å²) < 4.78 is 0. The van der Waals surface area contributed by atoms with E-state index in [0.717, 1.165) is 10.5 Å². The number of aliphatic carboxylic acids is 2. The van der Waals surface area contributed by atoms with Gasteiger partial charge >= 0.3 is 18.0 Å². The number of carbonyl (C=O) groups is 3. The van der Waals surface area contributed by atoms with Crippen molar-refractivity contribution in [3.63, 3.8) is 0 Å². The van der Waals surface area contributed by atoms with Crippen molar-refractivity contribution in [3.8, 4) is 0 Å². The number of rotatable bonds is 6. The second-order valence-electron chi connectivity index (χ2n) is 4.51. The molecule has 0 saturated carbocycles. The van der Waals surface area contributed by atoms with Crippen LogP contribution in [0.1, 0.15) is 12.5 Å². The molecule has 0 aromatic heterocycles. The van der Waals surface area contributed by atoms with E-state index >= 15 is 0 Å². The van der Waals surface area contributed by atoms with Gasteiger partial charge in [-0.05, 0) is 26.0 Å². The molecule has 1 aromatic rings. The van der Waals surface area contributed by atoms with Crippen LogP contribution in [0.15, 0.2) is 24.3 Å². The highest BCUT2D eigenvalue weighted by molar-refractivity contribution is 5.95. The molecule has 1 rings (SSSR count). The fourth-order valence-electron chi connectivity index (χ4n) is 1.84. The van der Waals surface area contributed by atoms with E-state index in [-0.39, 0.29) is 0 Å². The van der Waals surface area contributed by atoms with Crippen LogP contribution in [-0.4, -0.2) is 52.7 Å². The van der Waals surface area contributed by atoms with Crippen LogP contribution in [0.4, 0.5) is 10.5 Å². The van der Waals surface area contributed by atoms with E-state index in [9.17, 15) is 14.4 Å². The maximum atomic E-state index is 12.4. The number of carbonyl (C=O) groups excluding carboxylic acids is 1. The van der Waals surface area contributed by atoms with Gasteiger partial charge < -0.3 is 15.1 Å². The number of hydrogen-bond acceptors (Lipinski definition) is 3. The summed E-state index contributed by atoms with van der Waals surface area (Å²) in [5, 5.41) is 17.6. The van der Waals surface area contributed by atoms with E-state index in [1.54, 1.807) is 19.1 Å². The Morgan fingerprint density at radius 2 is 1.48 bits per heavy atom. The third-order valence-electron chi connectivity index (χ3n) is 2.82. The van der Waals surface area contributed by atoms with Crippen molar-refractivity contribution in [3.05, 3.63) is 29.8 Å². The van der Waals surface area contributed by atoms with Crippen molar-refractivity contribution >= 4 is 23.7 Å². The number of aryl methyl sites for hydroxylation is 1. The number of nitrogens with zero attached hydrogens (tertiary/aromatic N) is 2. The van der Waals surface area contributed by atoms with Crippen LogP contribution in [0, 0.1) is 6.92 Å². The fourth-order valence-corrected chi connectivity index (χ4v) is 1.84. The third kappa shape index (κ3) is 4.79. The molecule has 0 aliphatic rings. The maximum Gasteiger partial charge on any atom is 0.325 e. The molecule has 0 fully saturated rings. The van der Waals surface area contributed by atoms with E-state index in [1.165, 1.54) is 4.90 Å². The molecule has 0 aliphatic heterocycles. The van der Waals surface area contributed by atoms with Crippen LogP contribution < -0.4 is 4.90 Å². The Bertz CT molecular complexity index is 511. The molecule has 114 valence electrons. The minimum absolute atomic E-state index is 0.303. The number of hydrogen-bond donors (Lipinski definition) is 2. The van der Waals surface area contributed by atoms with E-state index in [1.807, 2.05) is 19.1 Å². The van der Waals surface area contributed by atoms with Crippen molar-refractivity contribution in [1.29, 1.82) is 0 Å². The number of urea groups is 1. The standard InChI is InChI=1S/C14H18N2O5/c1-3-16(11-6-4-10(2)5-7-11)14(21)15(8-12(17)18)9-13(19)20/h4-7H,3,8-9H2,1-2H3,(H,17,18)(H,19,20). The quantitative estimate of drug-likeness (QED) is 0.826. The summed E-state index contributed by atoms with van der Waals surface area (Å²) in [6.07, 6.45) is 0. The molecule has 1 aromatic carbocycles. The Hall–Kier alpha value is -2.57. The monoisotopic (exact) mass is 294 g/mol. The third-order valence-corrected chi connectivity index (χ3v) is 2.82. The molecule has 0 spiro atoms. The summed E-state index contributed by atoms with van der Waals surface area (Å²) in [7, 11) is 0. The van der Waals surface area contributed by atoms with Crippen LogP contribution >= 0.6 is 0 Å². The molecule has 0 atom stereocenters. The molecule has 2 N–H and O–H groups in total. The topological polar surface area (TPSA) is 98.2 Å². The molecular weight excluding hydrogens is 276 g/mol. The summed E-state index contributed by atoms with van der Waals surface area (Å²) in [5.41, 5.74) is 1.61. The summed E-state index contributed by atoms with van der Waals surface area (Å²) in [6.45, 7) is 2.62. The van der Waals surface area contributed by atoms with Crippen molar-refractivity contribution < 1.29 is 24.6 Å². The molecule has 21 heavy (non-hydrogen) atoms.